The topological polar surface area (TPSA) is 87.7 Å². The molecule has 0 spiro atoms. The van der Waals surface area contributed by atoms with Crippen LogP contribution in [0.5, 0.6) is 0 Å². The number of hydrogen-bond donors (Lipinski definition) is 3. The molecule has 1 aliphatic rings. The first-order valence-corrected chi connectivity index (χ1v) is 7.13. The first kappa shape index (κ1) is 16.8. The lowest BCUT2D eigenvalue weighted by Gasteiger charge is -2.34. The molecule has 0 aromatic carbocycles. The van der Waals surface area contributed by atoms with Crippen molar-refractivity contribution >= 4 is 12.0 Å². The van der Waals surface area contributed by atoms with Crippen LogP contribution in [0.1, 0.15) is 46.0 Å². The van der Waals surface area contributed by atoms with E-state index in [2.05, 4.69) is 24.5 Å². The maximum absolute atomic E-state index is 11.8. The number of amides is 2. The number of methoxy groups -OCH3 is 1. The molecule has 2 amide bonds. The van der Waals surface area contributed by atoms with Gasteiger partial charge in [-0.2, -0.15) is 0 Å². The van der Waals surface area contributed by atoms with Crippen LogP contribution in [0.4, 0.5) is 4.79 Å². The van der Waals surface area contributed by atoms with E-state index in [0.29, 0.717) is 12.0 Å². The zero-order chi connectivity index (χ0) is 15.2. The Kier molecular flexibility index (Phi) is 6.26. The minimum atomic E-state index is -1.04. The van der Waals surface area contributed by atoms with Crippen LogP contribution in [0.3, 0.4) is 0 Å². The van der Waals surface area contributed by atoms with Crippen molar-refractivity contribution in [1.29, 1.82) is 0 Å². The molecule has 0 saturated heterocycles. The summed E-state index contributed by atoms with van der Waals surface area (Å²) in [5, 5.41) is 14.4. The van der Waals surface area contributed by atoms with Crippen LogP contribution in [-0.4, -0.2) is 42.9 Å². The first-order valence-electron chi connectivity index (χ1n) is 7.13. The van der Waals surface area contributed by atoms with Gasteiger partial charge in [-0.05, 0) is 31.1 Å². The molecular formula is C14H26N2O4. The molecule has 0 aliphatic heterocycles. The minimum absolute atomic E-state index is 0.139. The minimum Gasteiger partial charge on any atom is -0.480 e. The monoisotopic (exact) mass is 286 g/mol. The molecule has 1 fully saturated rings. The molecular weight excluding hydrogens is 260 g/mol. The smallest absolute Gasteiger partial charge is 0.326 e. The van der Waals surface area contributed by atoms with E-state index in [-0.39, 0.29) is 12.5 Å². The summed E-state index contributed by atoms with van der Waals surface area (Å²) in [6, 6.07) is -1.17. The van der Waals surface area contributed by atoms with Gasteiger partial charge in [0.2, 0.25) is 0 Å². The number of carboxylic acids is 1. The standard InChI is InChI=1S/C14H26N2O4/c1-14(2)7-4-10(5-8-14)15-13(19)16-11(12(17)18)6-9-20-3/h10-11H,4-9H2,1-3H3,(H,17,18)(H2,15,16,19). The van der Waals surface area contributed by atoms with E-state index in [0.717, 1.165) is 25.7 Å². The van der Waals surface area contributed by atoms with Crippen molar-refractivity contribution in [3.8, 4) is 0 Å². The van der Waals surface area contributed by atoms with Gasteiger partial charge in [0.15, 0.2) is 0 Å². The molecule has 0 aromatic rings. The molecule has 1 aliphatic carbocycles. The van der Waals surface area contributed by atoms with Gasteiger partial charge in [-0.1, -0.05) is 13.8 Å². The highest BCUT2D eigenvalue weighted by Gasteiger charge is 2.28. The van der Waals surface area contributed by atoms with E-state index < -0.39 is 18.0 Å². The Morgan fingerprint density at radius 2 is 1.95 bits per heavy atom. The van der Waals surface area contributed by atoms with Crippen LogP contribution >= 0.6 is 0 Å². The molecule has 0 radical (unpaired) electrons. The summed E-state index contributed by atoms with van der Waals surface area (Å²) in [7, 11) is 1.50. The van der Waals surface area contributed by atoms with Gasteiger partial charge in [0.05, 0.1) is 0 Å². The van der Waals surface area contributed by atoms with Crippen molar-refractivity contribution in [3.63, 3.8) is 0 Å². The average molecular weight is 286 g/mol. The number of carbonyl (C=O) groups excluding carboxylic acids is 1. The van der Waals surface area contributed by atoms with Gasteiger partial charge in [0, 0.05) is 26.2 Å². The summed E-state index contributed by atoms with van der Waals surface area (Å²) in [4.78, 5) is 22.8. The van der Waals surface area contributed by atoms with Gasteiger partial charge in [-0.15, -0.1) is 0 Å². The van der Waals surface area contributed by atoms with E-state index in [1.807, 2.05) is 0 Å². The lowest BCUT2D eigenvalue weighted by atomic mass is 9.76. The van der Waals surface area contributed by atoms with Crippen molar-refractivity contribution in [2.75, 3.05) is 13.7 Å². The zero-order valence-electron chi connectivity index (χ0n) is 12.6. The number of urea groups is 1. The van der Waals surface area contributed by atoms with Gasteiger partial charge in [0.1, 0.15) is 6.04 Å². The zero-order valence-corrected chi connectivity index (χ0v) is 12.6. The van der Waals surface area contributed by atoms with Gasteiger partial charge >= 0.3 is 12.0 Å². The molecule has 6 nitrogen and oxygen atoms in total. The van der Waals surface area contributed by atoms with Crippen LogP contribution in [0.2, 0.25) is 0 Å². The van der Waals surface area contributed by atoms with Crippen LogP contribution in [-0.2, 0) is 9.53 Å². The maximum Gasteiger partial charge on any atom is 0.326 e. The van der Waals surface area contributed by atoms with Crippen LogP contribution in [0.25, 0.3) is 0 Å². The largest absolute Gasteiger partial charge is 0.480 e. The second-order valence-electron chi connectivity index (χ2n) is 6.23. The number of aliphatic carboxylic acids is 1. The SMILES string of the molecule is COCCC(NC(=O)NC1CCC(C)(C)CC1)C(=O)O. The fraction of sp³-hybridized carbons (Fsp3) is 0.857. The third kappa shape index (κ3) is 5.77. The average Bonchev–Trinajstić information content (AvgIpc) is 2.36. The summed E-state index contributed by atoms with van der Waals surface area (Å²) >= 11 is 0. The summed E-state index contributed by atoms with van der Waals surface area (Å²) < 4.78 is 4.84. The van der Waals surface area contributed by atoms with Crippen molar-refractivity contribution in [2.45, 2.75) is 58.0 Å². The highest BCUT2D eigenvalue weighted by molar-refractivity contribution is 5.82. The fourth-order valence-electron chi connectivity index (χ4n) is 2.42. The highest BCUT2D eigenvalue weighted by atomic mass is 16.5. The van der Waals surface area contributed by atoms with Gasteiger partial charge in [-0.25, -0.2) is 9.59 Å². The van der Waals surface area contributed by atoms with Gasteiger partial charge in [0.25, 0.3) is 0 Å². The molecule has 116 valence electrons. The van der Waals surface area contributed by atoms with E-state index in [1.165, 1.54) is 7.11 Å². The molecule has 0 aromatic heterocycles. The second-order valence-corrected chi connectivity index (χ2v) is 6.23. The Labute approximate surface area is 120 Å². The molecule has 1 unspecified atom stereocenters. The lowest BCUT2D eigenvalue weighted by molar-refractivity contribution is -0.139. The molecule has 1 rings (SSSR count). The molecule has 20 heavy (non-hydrogen) atoms. The van der Waals surface area contributed by atoms with E-state index in [4.69, 9.17) is 9.84 Å². The Bertz CT molecular complexity index is 334. The Balaban J connectivity index is 2.36. The molecule has 0 bridgehead atoms. The van der Waals surface area contributed by atoms with Crippen molar-refractivity contribution in [1.82, 2.24) is 10.6 Å². The Morgan fingerprint density at radius 3 is 2.45 bits per heavy atom. The third-order valence-electron chi connectivity index (χ3n) is 3.89. The summed E-state index contributed by atoms with van der Waals surface area (Å²) in [6.45, 7) is 4.76. The number of hydrogen-bond acceptors (Lipinski definition) is 3. The van der Waals surface area contributed by atoms with Gasteiger partial charge < -0.3 is 20.5 Å². The number of nitrogens with one attached hydrogen (secondary N) is 2. The fourth-order valence-corrected chi connectivity index (χ4v) is 2.42. The lowest BCUT2D eigenvalue weighted by Crippen LogP contribution is -2.50. The predicted molar refractivity (Wildman–Crippen MR) is 75.6 cm³/mol. The summed E-state index contributed by atoms with van der Waals surface area (Å²) in [6.07, 6.45) is 4.29. The molecule has 1 atom stereocenters. The van der Waals surface area contributed by atoms with Crippen LogP contribution in [0, 0.1) is 5.41 Å². The molecule has 6 heteroatoms. The Hall–Kier alpha value is -1.30. The van der Waals surface area contributed by atoms with Crippen molar-refractivity contribution in [3.05, 3.63) is 0 Å². The normalized spacial score (nSPS) is 20.1. The molecule has 1 saturated carbocycles. The molecule has 3 N–H and O–H groups in total. The Morgan fingerprint density at radius 1 is 1.35 bits per heavy atom. The number of rotatable bonds is 6. The third-order valence-corrected chi connectivity index (χ3v) is 3.89. The van der Waals surface area contributed by atoms with E-state index >= 15 is 0 Å². The first-order chi connectivity index (χ1) is 9.34. The van der Waals surface area contributed by atoms with Crippen LogP contribution in [0.15, 0.2) is 0 Å². The van der Waals surface area contributed by atoms with Crippen molar-refractivity contribution in [2.24, 2.45) is 5.41 Å². The quantitative estimate of drug-likeness (QED) is 0.694. The summed E-state index contributed by atoms with van der Waals surface area (Å²) in [5.41, 5.74) is 0.344. The molecule has 0 heterocycles. The maximum atomic E-state index is 11.8. The van der Waals surface area contributed by atoms with Gasteiger partial charge in [-0.3, -0.25) is 0 Å². The van der Waals surface area contributed by atoms with Crippen LogP contribution < -0.4 is 10.6 Å². The van der Waals surface area contributed by atoms with Crippen molar-refractivity contribution < 1.29 is 19.4 Å². The van der Waals surface area contributed by atoms with E-state index in [1.54, 1.807) is 0 Å². The second kappa shape index (κ2) is 7.47. The predicted octanol–water partition coefficient (Wildman–Crippen LogP) is 1.74. The number of carboxylic acid groups (broad SMARTS) is 1. The van der Waals surface area contributed by atoms with E-state index in [9.17, 15) is 9.59 Å². The highest BCUT2D eigenvalue weighted by Crippen LogP contribution is 2.34. The number of carbonyl (C=O) groups is 2. The summed E-state index contributed by atoms with van der Waals surface area (Å²) in [5.74, 6) is -1.04. The number of ether oxygens (including phenoxy) is 1.